The highest BCUT2D eigenvalue weighted by atomic mass is 16.3. The van der Waals surface area contributed by atoms with Crippen molar-refractivity contribution in [1.82, 2.24) is 39.3 Å². The summed E-state index contributed by atoms with van der Waals surface area (Å²) in [5.41, 5.74) is 8.68. The number of aryl methyl sites for hydroxylation is 4. The van der Waals surface area contributed by atoms with Gasteiger partial charge < -0.3 is 10.4 Å². The van der Waals surface area contributed by atoms with E-state index in [0.717, 1.165) is 58.6 Å². The molecule has 0 saturated heterocycles. The van der Waals surface area contributed by atoms with Crippen LogP contribution in [-0.2, 0) is 39.9 Å². The van der Waals surface area contributed by atoms with Crippen molar-refractivity contribution in [2.75, 3.05) is 11.9 Å². The van der Waals surface area contributed by atoms with E-state index in [9.17, 15) is 5.11 Å². The van der Waals surface area contributed by atoms with Crippen LogP contribution in [0, 0.1) is 0 Å². The molecule has 0 unspecified atom stereocenters. The summed E-state index contributed by atoms with van der Waals surface area (Å²) >= 11 is 0. The van der Waals surface area contributed by atoms with Gasteiger partial charge in [-0.3, -0.25) is 14.0 Å². The molecule has 1 aromatic carbocycles. The van der Waals surface area contributed by atoms with Gasteiger partial charge in [0.05, 0.1) is 36.4 Å². The second-order valence-electron chi connectivity index (χ2n) is 9.05. The third-order valence-electron chi connectivity index (χ3n) is 6.52. The van der Waals surface area contributed by atoms with Crippen molar-refractivity contribution in [2.24, 2.45) is 14.1 Å². The number of anilines is 2. The second kappa shape index (κ2) is 9.04. The van der Waals surface area contributed by atoms with E-state index in [1.54, 1.807) is 9.36 Å². The quantitative estimate of drug-likeness (QED) is 0.368. The van der Waals surface area contributed by atoms with Crippen LogP contribution in [0.25, 0.3) is 22.4 Å². The molecule has 4 aromatic heterocycles. The molecule has 5 aromatic rings. The minimum Gasteiger partial charge on any atom is -0.394 e. The summed E-state index contributed by atoms with van der Waals surface area (Å²) in [7, 11) is 3.88. The number of rotatable bonds is 7. The lowest BCUT2D eigenvalue weighted by Gasteiger charge is -2.17. The first-order chi connectivity index (χ1) is 17.6. The molecule has 4 heterocycles. The lowest BCUT2D eigenvalue weighted by molar-refractivity contribution is 0.269. The fraction of sp³-hybridized carbons (Fsp3) is 0.269. The highest BCUT2D eigenvalue weighted by Gasteiger charge is 2.26. The van der Waals surface area contributed by atoms with Gasteiger partial charge in [-0.1, -0.05) is 24.3 Å². The Kier molecular flexibility index (Phi) is 5.57. The van der Waals surface area contributed by atoms with Gasteiger partial charge in [0.2, 0.25) is 5.95 Å². The molecule has 182 valence electrons. The van der Waals surface area contributed by atoms with Gasteiger partial charge in [0.1, 0.15) is 0 Å². The Balaban J connectivity index is 1.33. The van der Waals surface area contributed by atoms with Gasteiger partial charge >= 0.3 is 0 Å². The smallest absolute Gasteiger partial charge is 0.228 e. The predicted molar refractivity (Wildman–Crippen MR) is 136 cm³/mol. The van der Waals surface area contributed by atoms with Gasteiger partial charge in [0.15, 0.2) is 5.82 Å². The second-order valence-corrected chi connectivity index (χ2v) is 9.05. The van der Waals surface area contributed by atoms with E-state index in [-0.39, 0.29) is 6.61 Å². The zero-order valence-corrected chi connectivity index (χ0v) is 20.3. The predicted octanol–water partition coefficient (Wildman–Crippen LogP) is 2.90. The van der Waals surface area contributed by atoms with E-state index in [2.05, 4.69) is 44.8 Å². The molecule has 2 N–H and O–H groups in total. The zero-order chi connectivity index (χ0) is 24.6. The summed E-state index contributed by atoms with van der Waals surface area (Å²) in [6, 6.07) is 10.4. The van der Waals surface area contributed by atoms with Gasteiger partial charge in [-0.15, -0.1) is 0 Å². The lowest BCUT2D eigenvalue weighted by Crippen LogP contribution is -2.09. The van der Waals surface area contributed by atoms with Crippen molar-refractivity contribution in [3.05, 3.63) is 77.6 Å². The molecular formula is C26H27N9O. The third kappa shape index (κ3) is 4.16. The number of nitrogens with one attached hydrogen (secondary N) is 1. The highest BCUT2D eigenvalue weighted by molar-refractivity contribution is 5.72. The number of benzene rings is 1. The van der Waals surface area contributed by atoms with Gasteiger partial charge in [0.25, 0.3) is 0 Å². The fourth-order valence-electron chi connectivity index (χ4n) is 4.78. The maximum atomic E-state index is 9.19. The molecule has 1 aliphatic rings. The van der Waals surface area contributed by atoms with E-state index >= 15 is 0 Å². The van der Waals surface area contributed by atoms with E-state index in [0.29, 0.717) is 18.3 Å². The molecular weight excluding hydrogens is 454 g/mol. The fourth-order valence-corrected chi connectivity index (χ4v) is 4.78. The number of nitrogens with zero attached hydrogens (tertiary/aromatic N) is 8. The molecule has 1 aliphatic carbocycles. The Bertz CT molecular complexity index is 1540. The van der Waals surface area contributed by atoms with Crippen molar-refractivity contribution in [3.63, 3.8) is 0 Å². The van der Waals surface area contributed by atoms with Gasteiger partial charge in [0, 0.05) is 56.3 Å². The average Bonchev–Trinajstić information content (AvgIpc) is 3.59. The normalized spacial score (nSPS) is 12.4. The van der Waals surface area contributed by atoms with Crippen LogP contribution in [0.4, 0.5) is 11.8 Å². The Hall–Kier alpha value is -4.31. The molecule has 0 amide bonds. The molecule has 6 rings (SSSR count). The van der Waals surface area contributed by atoms with Gasteiger partial charge in [-0.25, -0.2) is 9.97 Å². The van der Waals surface area contributed by atoms with Crippen LogP contribution in [0.5, 0.6) is 0 Å². The Morgan fingerprint density at radius 2 is 1.97 bits per heavy atom. The van der Waals surface area contributed by atoms with E-state index in [1.807, 2.05) is 49.6 Å². The number of hydrogen-bond acceptors (Lipinski definition) is 7. The molecule has 0 atom stereocenters. The summed E-state index contributed by atoms with van der Waals surface area (Å²) in [5.74, 6) is 1.23. The van der Waals surface area contributed by atoms with Crippen molar-refractivity contribution in [1.29, 1.82) is 0 Å². The molecule has 0 radical (unpaired) electrons. The van der Waals surface area contributed by atoms with Crippen LogP contribution in [-0.4, -0.2) is 51.0 Å². The number of fused-ring (bicyclic) bond motifs is 3. The first-order valence-corrected chi connectivity index (χ1v) is 12.0. The SMILES string of the molecule is Cn1ccc(Nc2ncc3c(n2)-c2c(nn(C)c2Cc2cccc(-c4cnn(CCO)c4)c2)CC3)n1. The third-order valence-corrected chi connectivity index (χ3v) is 6.52. The molecule has 10 heteroatoms. The van der Waals surface area contributed by atoms with Crippen molar-refractivity contribution < 1.29 is 5.11 Å². The number of hydrogen-bond donors (Lipinski definition) is 2. The molecule has 0 bridgehead atoms. The van der Waals surface area contributed by atoms with E-state index in [4.69, 9.17) is 10.1 Å². The largest absolute Gasteiger partial charge is 0.394 e. The summed E-state index contributed by atoms with van der Waals surface area (Å²) in [4.78, 5) is 9.43. The summed E-state index contributed by atoms with van der Waals surface area (Å²) < 4.78 is 5.48. The van der Waals surface area contributed by atoms with E-state index < -0.39 is 0 Å². The Morgan fingerprint density at radius 3 is 2.81 bits per heavy atom. The van der Waals surface area contributed by atoms with Crippen LogP contribution < -0.4 is 5.32 Å². The summed E-state index contributed by atoms with van der Waals surface area (Å²) in [6.45, 7) is 0.552. The number of aliphatic hydroxyl groups excluding tert-OH is 1. The molecule has 10 nitrogen and oxygen atoms in total. The van der Waals surface area contributed by atoms with Crippen LogP contribution in [0.3, 0.4) is 0 Å². The van der Waals surface area contributed by atoms with Crippen LogP contribution in [0.2, 0.25) is 0 Å². The highest BCUT2D eigenvalue weighted by Crippen LogP contribution is 2.36. The molecule has 0 aliphatic heterocycles. The molecule has 36 heavy (non-hydrogen) atoms. The monoisotopic (exact) mass is 481 g/mol. The van der Waals surface area contributed by atoms with Crippen molar-refractivity contribution in [3.8, 4) is 22.4 Å². The minimum absolute atomic E-state index is 0.0664. The molecule has 0 fully saturated rings. The average molecular weight is 482 g/mol. The first kappa shape index (κ1) is 22.2. The minimum atomic E-state index is 0.0664. The van der Waals surface area contributed by atoms with Gasteiger partial charge in [-0.2, -0.15) is 15.3 Å². The molecule has 0 saturated carbocycles. The van der Waals surface area contributed by atoms with E-state index in [1.165, 1.54) is 5.56 Å². The topological polar surface area (TPSA) is 112 Å². The first-order valence-electron chi connectivity index (χ1n) is 12.0. The molecule has 0 spiro atoms. The Morgan fingerprint density at radius 1 is 1.06 bits per heavy atom. The van der Waals surface area contributed by atoms with Crippen LogP contribution in [0.15, 0.2) is 55.1 Å². The maximum Gasteiger partial charge on any atom is 0.228 e. The zero-order valence-electron chi connectivity index (χ0n) is 20.3. The number of aromatic nitrogens is 8. The number of aliphatic hydroxyl groups is 1. The Labute approximate surface area is 208 Å². The summed E-state index contributed by atoms with van der Waals surface area (Å²) in [6.07, 6.45) is 10.1. The summed E-state index contributed by atoms with van der Waals surface area (Å²) in [5, 5.41) is 26.0. The van der Waals surface area contributed by atoms with Crippen molar-refractivity contribution in [2.45, 2.75) is 25.8 Å². The standard InChI is InChI=1S/C26H27N9O/c1-33-9-8-23(32-33)29-26-27-14-19-6-7-21-24(25(19)30-26)22(34(2)31-21)13-17-4-3-5-18(12-17)20-15-28-35(16-20)10-11-36/h3-5,8-9,12,14-16,36H,6-7,10-11,13H2,1-2H3,(H,27,29,30,32). The van der Waals surface area contributed by atoms with Crippen LogP contribution in [0.1, 0.15) is 22.5 Å². The van der Waals surface area contributed by atoms with Gasteiger partial charge in [-0.05, 0) is 29.5 Å². The maximum absolute atomic E-state index is 9.19. The lowest BCUT2D eigenvalue weighted by atomic mass is 9.91. The van der Waals surface area contributed by atoms with Crippen LogP contribution >= 0.6 is 0 Å². The van der Waals surface area contributed by atoms with Crippen molar-refractivity contribution >= 4 is 11.8 Å².